The number of nitrogens with one attached hydrogen (secondary N) is 2. The van der Waals surface area contributed by atoms with E-state index in [-0.39, 0.29) is 11.5 Å². The van der Waals surface area contributed by atoms with Gasteiger partial charge in [0.15, 0.2) is 11.6 Å². The number of thiocarbonyl (C=S) groups is 1. The van der Waals surface area contributed by atoms with E-state index in [4.69, 9.17) is 22.2 Å². The van der Waals surface area contributed by atoms with Crippen LogP contribution in [0.2, 0.25) is 0 Å². The molecule has 3 N–H and O–H groups in total. The Morgan fingerprint density at radius 3 is 2.70 bits per heavy atom. The number of fused-ring (bicyclic) bond motifs is 1. The van der Waals surface area contributed by atoms with Crippen LogP contribution < -0.4 is 20.9 Å². The summed E-state index contributed by atoms with van der Waals surface area (Å²) in [5, 5.41) is 14.6. The number of β-amino-alcohol motifs (C(OH)–C–C–N with tert-alkyl or cyclic N) is 1. The molecule has 0 bridgehead atoms. The molecule has 2 aliphatic rings. The molecule has 1 aromatic heterocycles. The lowest BCUT2D eigenvalue weighted by Crippen LogP contribution is -2.36. The van der Waals surface area contributed by atoms with Crippen LogP contribution in [0, 0.1) is 0 Å². The van der Waals surface area contributed by atoms with Gasteiger partial charge in [0.05, 0.1) is 24.4 Å². The van der Waals surface area contributed by atoms with Gasteiger partial charge in [0.1, 0.15) is 11.5 Å². The number of nitrogens with zero attached hydrogens (tertiary/aromatic N) is 5. The van der Waals surface area contributed by atoms with Gasteiger partial charge in [-0.3, -0.25) is 10.4 Å². The number of hydrazine groups is 2. The van der Waals surface area contributed by atoms with Crippen molar-refractivity contribution in [3.63, 3.8) is 0 Å². The number of rotatable bonds is 5. The Labute approximate surface area is 182 Å². The topological polar surface area (TPSA) is 88.9 Å². The van der Waals surface area contributed by atoms with E-state index in [9.17, 15) is 5.11 Å². The van der Waals surface area contributed by atoms with E-state index >= 15 is 0 Å². The monoisotopic (exact) mass is 425 g/mol. The predicted molar refractivity (Wildman–Crippen MR) is 122 cm³/mol. The van der Waals surface area contributed by atoms with Crippen LogP contribution in [0.1, 0.15) is 44.1 Å². The van der Waals surface area contributed by atoms with Crippen molar-refractivity contribution in [3.05, 3.63) is 41.2 Å². The molecule has 8 nitrogen and oxygen atoms in total. The molecule has 0 amide bonds. The van der Waals surface area contributed by atoms with Gasteiger partial charge in [0.25, 0.3) is 0 Å². The summed E-state index contributed by atoms with van der Waals surface area (Å²) in [5.74, 6) is 2.36. The van der Waals surface area contributed by atoms with E-state index < -0.39 is 0 Å². The minimum Gasteiger partial charge on any atom is -0.391 e. The van der Waals surface area contributed by atoms with Crippen molar-refractivity contribution in [1.82, 2.24) is 15.5 Å². The number of anilines is 3. The summed E-state index contributed by atoms with van der Waals surface area (Å²) >= 11 is 4.73. The van der Waals surface area contributed by atoms with E-state index in [0.717, 1.165) is 47.2 Å². The first-order valence-corrected chi connectivity index (χ1v) is 10.5. The van der Waals surface area contributed by atoms with Crippen molar-refractivity contribution in [2.75, 3.05) is 28.4 Å². The summed E-state index contributed by atoms with van der Waals surface area (Å²) in [6.45, 7) is 8.74. The zero-order valence-corrected chi connectivity index (χ0v) is 18.3. The first-order valence-electron chi connectivity index (χ1n) is 10.1. The summed E-state index contributed by atoms with van der Waals surface area (Å²) in [4.78, 5) is 16.0. The lowest BCUT2D eigenvalue weighted by molar-refractivity contribution is 0.198. The Kier molecular flexibility index (Phi) is 5.71. The molecule has 0 spiro atoms. The molecule has 1 fully saturated rings. The SMILES string of the molecule is CC(C)(C)c1nc2c(c(N3CC[C@H](O)C3)n1)N(Cc1ccccc1CN=C=S)NN2. The highest BCUT2D eigenvalue weighted by Crippen LogP contribution is 2.40. The number of hydrogen-bond acceptors (Lipinski definition) is 9. The summed E-state index contributed by atoms with van der Waals surface area (Å²) in [7, 11) is 0. The maximum Gasteiger partial charge on any atom is 0.172 e. The van der Waals surface area contributed by atoms with Crippen LogP contribution in [0.3, 0.4) is 0 Å². The van der Waals surface area contributed by atoms with Crippen LogP contribution in [0.15, 0.2) is 29.3 Å². The molecule has 1 atom stereocenters. The fourth-order valence-corrected chi connectivity index (χ4v) is 3.78. The number of aliphatic hydroxyl groups is 1. The molecule has 158 valence electrons. The third-order valence-electron chi connectivity index (χ3n) is 5.34. The Balaban J connectivity index is 1.72. The fraction of sp³-hybridized carbons (Fsp3) is 0.476. The van der Waals surface area contributed by atoms with Crippen LogP contribution in [0.4, 0.5) is 17.3 Å². The summed E-state index contributed by atoms with van der Waals surface area (Å²) in [6.07, 6.45) is 0.404. The van der Waals surface area contributed by atoms with Crippen LogP contribution in [-0.4, -0.2) is 39.4 Å². The van der Waals surface area contributed by atoms with Crippen molar-refractivity contribution in [3.8, 4) is 0 Å². The minimum absolute atomic E-state index is 0.192. The minimum atomic E-state index is -0.335. The van der Waals surface area contributed by atoms with Crippen LogP contribution in [0.5, 0.6) is 0 Å². The van der Waals surface area contributed by atoms with Crippen molar-refractivity contribution >= 4 is 34.7 Å². The van der Waals surface area contributed by atoms with Crippen LogP contribution in [-0.2, 0) is 18.5 Å². The van der Waals surface area contributed by atoms with Gasteiger partial charge in [-0.05, 0) is 29.8 Å². The Morgan fingerprint density at radius 1 is 1.27 bits per heavy atom. The van der Waals surface area contributed by atoms with Crippen molar-refractivity contribution < 1.29 is 5.11 Å². The molecule has 0 aliphatic carbocycles. The van der Waals surface area contributed by atoms with E-state index in [0.29, 0.717) is 19.6 Å². The maximum absolute atomic E-state index is 10.1. The number of hydrogen-bond donors (Lipinski definition) is 3. The summed E-state index contributed by atoms with van der Waals surface area (Å²) in [5.41, 5.74) is 9.36. The molecule has 3 heterocycles. The third kappa shape index (κ3) is 4.15. The van der Waals surface area contributed by atoms with E-state index in [2.05, 4.69) is 52.9 Å². The van der Waals surface area contributed by atoms with Gasteiger partial charge in [-0.15, -0.1) is 5.53 Å². The van der Waals surface area contributed by atoms with E-state index in [1.165, 1.54) is 0 Å². The van der Waals surface area contributed by atoms with Gasteiger partial charge >= 0.3 is 0 Å². The van der Waals surface area contributed by atoms with Gasteiger partial charge in [0.2, 0.25) is 0 Å². The van der Waals surface area contributed by atoms with E-state index in [1.54, 1.807) is 0 Å². The fourth-order valence-electron chi connectivity index (χ4n) is 3.72. The lowest BCUT2D eigenvalue weighted by Gasteiger charge is -2.27. The second-order valence-corrected chi connectivity index (χ2v) is 8.89. The van der Waals surface area contributed by atoms with Gasteiger partial charge in [-0.25, -0.2) is 15.0 Å². The lowest BCUT2D eigenvalue weighted by atomic mass is 9.95. The number of benzene rings is 1. The normalized spacial score (nSPS) is 18.2. The second-order valence-electron chi connectivity index (χ2n) is 8.71. The van der Waals surface area contributed by atoms with Crippen molar-refractivity contribution in [2.45, 2.75) is 51.8 Å². The summed E-state index contributed by atoms with van der Waals surface area (Å²) in [6, 6.07) is 8.14. The Morgan fingerprint density at radius 2 is 2.03 bits per heavy atom. The number of aliphatic imine (C=N–C) groups is 1. The standard InChI is InChI=1S/C21H27N7OS/c1-21(2,3)20-23-18-17(19(24-20)27-9-8-16(29)12-27)28(26-25-18)11-15-7-5-4-6-14(15)10-22-13-30/h4-7,16,26,29H,8-12H2,1-3H3,(H,23,24,25)/t16-/m0/s1. The molecular weight excluding hydrogens is 398 g/mol. The third-order valence-corrected chi connectivity index (χ3v) is 5.47. The molecule has 0 unspecified atom stereocenters. The van der Waals surface area contributed by atoms with Crippen molar-refractivity contribution in [1.29, 1.82) is 0 Å². The molecule has 1 saturated heterocycles. The summed E-state index contributed by atoms with van der Waals surface area (Å²) < 4.78 is 0. The van der Waals surface area contributed by atoms with Crippen LogP contribution in [0.25, 0.3) is 0 Å². The zero-order valence-electron chi connectivity index (χ0n) is 17.5. The molecule has 2 aromatic rings. The Bertz CT molecular complexity index is 984. The van der Waals surface area contributed by atoms with Gasteiger partial charge < -0.3 is 10.0 Å². The Hall–Kier alpha value is -2.58. The molecule has 9 heteroatoms. The first kappa shape index (κ1) is 20.7. The van der Waals surface area contributed by atoms with Gasteiger partial charge in [0, 0.05) is 18.5 Å². The number of aliphatic hydroxyl groups excluding tert-OH is 1. The number of aromatic nitrogens is 2. The highest BCUT2D eigenvalue weighted by Gasteiger charge is 2.34. The quantitative estimate of drug-likeness (QED) is 0.498. The average Bonchev–Trinajstić information content (AvgIpc) is 3.32. The highest BCUT2D eigenvalue weighted by molar-refractivity contribution is 7.78. The molecular formula is C21H27N7OS. The number of isothiocyanates is 1. The van der Waals surface area contributed by atoms with Crippen molar-refractivity contribution in [2.24, 2.45) is 4.99 Å². The molecule has 1 aromatic carbocycles. The van der Waals surface area contributed by atoms with E-state index in [1.807, 2.05) is 23.2 Å². The molecule has 2 aliphatic heterocycles. The molecule has 30 heavy (non-hydrogen) atoms. The molecule has 0 radical (unpaired) electrons. The zero-order chi connectivity index (χ0) is 21.3. The molecule has 0 saturated carbocycles. The highest BCUT2D eigenvalue weighted by atomic mass is 32.1. The average molecular weight is 426 g/mol. The van der Waals surface area contributed by atoms with Gasteiger partial charge in [-0.2, -0.15) is 0 Å². The van der Waals surface area contributed by atoms with Gasteiger partial charge in [-0.1, -0.05) is 45.0 Å². The second kappa shape index (κ2) is 8.28. The largest absolute Gasteiger partial charge is 0.391 e. The smallest absolute Gasteiger partial charge is 0.172 e. The first-order chi connectivity index (χ1) is 14.4. The maximum atomic E-state index is 10.1. The predicted octanol–water partition coefficient (Wildman–Crippen LogP) is 2.80. The molecule has 4 rings (SSSR count). The van der Waals surface area contributed by atoms with Crippen LogP contribution >= 0.6 is 12.2 Å².